The molecule has 0 unspecified atom stereocenters. The van der Waals surface area contributed by atoms with E-state index < -0.39 is 96.8 Å². The normalized spacial score (nSPS) is 11.5. The average Bonchev–Trinajstić information content (AvgIpc) is 2.76. The molecule has 2 aromatic rings. The van der Waals surface area contributed by atoms with E-state index in [0.717, 1.165) is 12.1 Å². The molecule has 208 valence electrons. The molecule has 0 saturated carbocycles. The molecule has 25 heteroatoms. The van der Waals surface area contributed by atoms with E-state index in [0.29, 0.717) is 12.1 Å². The number of sulfone groups is 1. The molecule has 0 fully saturated rings. The fraction of sp³-hybridized carbons (Fsp3) is 0.250. The second-order valence-corrected chi connectivity index (χ2v) is 12.9. The monoisotopic (exact) mass is 654 g/mol. The Morgan fingerprint density at radius 1 is 0.610 bits per heavy atom. The average molecular weight is 654 g/mol. The first kappa shape index (κ1) is 46.3. The Hall–Kier alpha value is 0.920. The second-order valence-electron chi connectivity index (χ2n) is 6.82. The van der Waals surface area contributed by atoms with E-state index in [2.05, 4.69) is 18.7 Å². The van der Waals surface area contributed by atoms with Crippen molar-refractivity contribution in [1.29, 1.82) is 0 Å². The smallest absolute Gasteiger partial charge is 0.748 e. The minimum Gasteiger partial charge on any atom is -0.748 e. The van der Waals surface area contributed by atoms with Crippen molar-refractivity contribution in [3.63, 3.8) is 0 Å². The van der Waals surface area contributed by atoms with Gasteiger partial charge in [-0.25, -0.2) is 34.0 Å². The summed E-state index contributed by atoms with van der Waals surface area (Å²) in [5.41, 5.74) is -2.86. The summed E-state index contributed by atoms with van der Waals surface area (Å²) in [6.45, 7) is 0. The zero-order valence-corrected chi connectivity index (χ0v) is 25.7. The number of halogens is 2. The Labute approximate surface area is 290 Å². The number of rotatable bonds is 14. The first-order valence-corrected chi connectivity index (χ1v) is 15.5. The summed E-state index contributed by atoms with van der Waals surface area (Å²) >= 11 is 0.515. The third-order valence-electron chi connectivity index (χ3n) is 4.26. The van der Waals surface area contributed by atoms with Crippen LogP contribution in [0.25, 0.3) is 0 Å². The Morgan fingerprint density at radius 2 is 0.902 bits per heavy atom. The van der Waals surface area contributed by atoms with Crippen LogP contribution in [0.15, 0.2) is 34.1 Å². The molecule has 0 N–H and O–H groups in total. The van der Waals surface area contributed by atoms with E-state index in [4.69, 9.17) is 0 Å². The van der Waals surface area contributed by atoms with E-state index in [1.165, 1.54) is 0 Å². The van der Waals surface area contributed by atoms with Crippen molar-refractivity contribution in [3.8, 4) is 0 Å². The molecule has 0 aliphatic carbocycles. The third kappa shape index (κ3) is 14.7. The predicted octanol–water partition coefficient (Wildman–Crippen LogP) is -12.4. The minimum absolute atomic E-state index is 0. The van der Waals surface area contributed by atoms with Crippen molar-refractivity contribution in [1.82, 2.24) is 0 Å². The predicted molar refractivity (Wildman–Crippen MR) is 112 cm³/mol. The largest absolute Gasteiger partial charge is 1.00 e. The van der Waals surface area contributed by atoms with Gasteiger partial charge in [0, 0.05) is 46.3 Å². The molecule has 0 aliphatic rings. The van der Waals surface area contributed by atoms with E-state index in [1.54, 1.807) is 0 Å². The molecular weight excluding hydrogens is 642 g/mol. The van der Waals surface area contributed by atoms with E-state index in [-0.39, 0.29) is 99.5 Å². The summed E-state index contributed by atoms with van der Waals surface area (Å²) in [5, 5.41) is 26.2. The second kappa shape index (κ2) is 20.1. The van der Waals surface area contributed by atoms with Crippen LogP contribution in [0.3, 0.4) is 0 Å². The van der Waals surface area contributed by atoms with Crippen LogP contribution < -0.4 is 86.0 Å². The molecule has 41 heavy (non-hydrogen) atoms. The van der Waals surface area contributed by atoms with Gasteiger partial charge in [0.25, 0.3) is 0 Å². The van der Waals surface area contributed by atoms with Gasteiger partial charge in [0.05, 0.1) is 53.0 Å². The molecule has 2 aromatic carbocycles. The zero-order chi connectivity index (χ0) is 28.0. The Bertz CT molecular complexity index is 1380. The minimum atomic E-state index is -5.20. The van der Waals surface area contributed by atoms with Gasteiger partial charge in [-0.2, -0.15) is 8.67 Å². The summed E-state index contributed by atoms with van der Waals surface area (Å²) < 4.78 is 131. The summed E-state index contributed by atoms with van der Waals surface area (Å²) in [6.07, 6.45) is 0. The molecule has 0 atom stereocenters. The SMILES string of the molecule is O=S(=O)([O-])Cc1cc(S(=O)(=O)c2cc(CSOO[O-])c(F)c(CSOO[O-])c2)cc(CS(=O)(=O)[O-])c1F.[Li+].[Li+].[Li+].[Li+]. The van der Waals surface area contributed by atoms with E-state index >= 15 is 0 Å². The quantitative estimate of drug-likeness (QED) is 0.0350. The van der Waals surface area contributed by atoms with Gasteiger partial charge < -0.3 is 19.6 Å². The molecule has 2 rings (SSSR count). The van der Waals surface area contributed by atoms with Gasteiger partial charge in [-0.15, -0.1) is 0 Å². The molecule has 14 nitrogen and oxygen atoms in total. The first-order chi connectivity index (χ1) is 17.1. The standard InChI is InChI=1S/C16H16F2O14S5.4Li/c17-15-9(5-33-31-29-19)1-13(2-10(15)6-34-32-30-20)37(27,28)14-3-11(7-35(21,22)23)16(18)12(4-14)8-36(24,25)26;;;;/h1-4,19-20H,5-8H2,(H,21,22,23)(H,24,25,26);;;;/q;4*+1/p-4. The van der Waals surface area contributed by atoms with Gasteiger partial charge in [0.2, 0.25) is 9.84 Å². The Kier molecular flexibility index (Phi) is 22.7. The van der Waals surface area contributed by atoms with Crippen LogP contribution in [0.4, 0.5) is 8.78 Å². The molecule has 0 amide bonds. The maximum absolute atomic E-state index is 14.8. The third-order valence-corrected chi connectivity index (χ3v) is 8.46. The first-order valence-electron chi connectivity index (χ1n) is 9.00. The van der Waals surface area contributed by atoms with Crippen LogP contribution in [0.5, 0.6) is 0 Å². The van der Waals surface area contributed by atoms with Crippen LogP contribution in [-0.2, 0) is 71.8 Å². The molecule has 0 bridgehead atoms. The fourth-order valence-electron chi connectivity index (χ4n) is 2.90. The van der Waals surface area contributed by atoms with Crippen molar-refractivity contribution in [2.75, 3.05) is 0 Å². The van der Waals surface area contributed by atoms with E-state index in [1.807, 2.05) is 0 Å². The van der Waals surface area contributed by atoms with Crippen LogP contribution in [-0.4, -0.2) is 34.4 Å². The molecule has 0 heterocycles. The van der Waals surface area contributed by atoms with Crippen molar-refractivity contribution in [2.24, 2.45) is 0 Å². The zero-order valence-electron chi connectivity index (χ0n) is 21.7. The van der Waals surface area contributed by atoms with Crippen LogP contribution in [0.2, 0.25) is 0 Å². The number of hydrogen-bond donors (Lipinski definition) is 0. The van der Waals surface area contributed by atoms with E-state index in [9.17, 15) is 53.7 Å². The summed E-state index contributed by atoms with van der Waals surface area (Å²) in [6, 6.07) is 2.39. The van der Waals surface area contributed by atoms with Gasteiger partial charge in [-0.3, -0.25) is 10.1 Å². The van der Waals surface area contributed by atoms with Gasteiger partial charge in [-0.1, -0.05) is 0 Å². The fourth-order valence-corrected chi connectivity index (χ4v) is 6.39. The Balaban J connectivity index is -0.00000361. The maximum Gasteiger partial charge on any atom is 1.00 e. The molecular formula is C16H12F2Li4O14S5. The van der Waals surface area contributed by atoms with Gasteiger partial charge in [-0.05, 0) is 24.3 Å². The van der Waals surface area contributed by atoms with Crippen molar-refractivity contribution in [2.45, 2.75) is 32.8 Å². The summed E-state index contributed by atoms with van der Waals surface area (Å²) in [7, 11) is -15.3. The van der Waals surface area contributed by atoms with Crippen LogP contribution >= 0.6 is 24.1 Å². The maximum atomic E-state index is 14.8. The molecule has 0 radical (unpaired) electrons. The van der Waals surface area contributed by atoms with Crippen LogP contribution in [0, 0.1) is 11.6 Å². The van der Waals surface area contributed by atoms with Gasteiger partial charge in [0.15, 0.2) is 0 Å². The molecule has 0 saturated heterocycles. The number of benzene rings is 2. The Morgan fingerprint density at radius 3 is 1.20 bits per heavy atom. The van der Waals surface area contributed by atoms with Crippen molar-refractivity contribution >= 4 is 54.2 Å². The van der Waals surface area contributed by atoms with Gasteiger partial charge >= 0.3 is 75.4 Å². The van der Waals surface area contributed by atoms with Crippen molar-refractivity contribution < 1.29 is 148 Å². The van der Waals surface area contributed by atoms with Crippen LogP contribution in [0.1, 0.15) is 22.3 Å². The molecule has 0 aliphatic heterocycles. The molecule has 0 aromatic heterocycles. The van der Waals surface area contributed by atoms with Gasteiger partial charge in [0.1, 0.15) is 11.6 Å². The molecule has 0 spiro atoms. The van der Waals surface area contributed by atoms with Crippen molar-refractivity contribution in [3.05, 3.63) is 58.2 Å². The topological polar surface area (TPSA) is 232 Å². The summed E-state index contributed by atoms with van der Waals surface area (Å²) in [5.74, 6) is -6.80. The number of hydrogen-bond acceptors (Lipinski definition) is 16. The summed E-state index contributed by atoms with van der Waals surface area (Å²) in [4.78, 5) is -1.65.